The van der Waals surface area contributed by atoms with Crippen molar-refractivity contribution in [2.75, 3.05) is 34.0 Å². The number of ether oxygens (including phenoxy) is 1. The van der Waals surface area contributed by atoms with Gasteiger partial charge in [0.2, 0.25) is 0 Å². The van der Waals surface area contributed by atoms with E-state index in [1.54, 1.807) is 0 Å². The monoisotopic (exact) mass is 132 g/mol. The topological polar surface area (TPSA) is 32.4 Å². The molecule has 0 aliphatic rings. The fraction of sp³-hybridized carbons (Fsp3) is 1.00. The summed E-state index contributed by atoms with van der Waals surface area (Å²) in [5.74, 6) is 0. The van der Waals surface area contributed by atoms with Crippen LogP contribution in [0.3, 0.4) is 0 Å². The summed E-state index contributed by atoms with van der Waals surface area (Å²) in [5.41, 5.74) is 0. The fourth-order valence-electron chi connectivity index (χ4n) is 0.408. The van der Waals surface area contributed by atoms with E-state index < -0.39 is 0 Å². The van der Waals surface area contributed by atoms with Crippen LogP contribution in [0.1, 0.15) is 6.42 Å². The van der Waals surface area contributed by atoms with E-state index >= 15 is 0 Å². The largest absolute Gasteiger partial charge is 0.366 e. The molecule has 0 fully saturated rings. The number of hydrogen-bond acceptors (Lipinski definition) is 2. The van der Waals surface area contributed by atoms with Crippen LogP contribution in [0.15, 0.2) is 0 Å². The molecule has 0 heterocycles. The van der Waals surface area contributed by atoms with Crippen molar-refractivity contribution in [3.63, 3.8) is 0 Å². The maximum absolute atomic E-state index is 9.88. The van der Waals surface area contributed by atoms with E-state index in [9.17, 15) is 5.11 Å². The smallest absolute Gasteiger partial charge is 0.0985 e. The second kappa shape index (κ2) is 6.01. The van der Waals surface area contributed by atoms with Gasteiger partial charge in [0.15, 0.2) is 0 Å². The van der Waals surface area contributed by atoms with Crippen molar-refractivity contribution in [3.8, 4) is 0 Å². The summed E-state index contributed by atoms with van der Waals surface area (Å²) in [7, 11) is 3.86. The molecule has 0 atom stereocenters. The van der Waals surface area contributed by atoms with Gasteiger partial charge in [0, 0.05) is 0 Å². The van der Waals surface area contributed by atoms with Crippen molar-refractivity contribution >= 4 is 0 Å². The van der Waals surface area contributed by atoms with Gasteiger partial charge in [-0.3, -0.25) is 4.90 Å². The number of hydrogen-bond donors (Lipinski definition) is 0. The number of nitrogens with zero attached hydrogens (tertiary/aromatic N) is 1. The molecule has 1 radical (unpaired) electrons. The Labute approximate surface area is 56.2 Å². The predicted octanol–water partition coefficient (Wildman–Crippen LogP) is 0.343. The minimum atomic E-state index is -0.0343. The van der Waals surface area contributed by atoms with E-state index in [2.05, 4.69) is 0 Å². The van der Waals surface area contributed by atoms with E-state index in [1.165, 1.54) is 0 Å². The first-order valence-corrected chi connectivity index (χ1v) is 3.08. The van der Waals surface area contributed by atoms with Crippen LogP contribution in [0.4, 0.5) is 0 Å². The summed E-state index contributed by atoms with van der Waals surface area (Å²) < 4.78 is 5.06. The lowest BCUT2D eigenvalue weighted by Gasteiger charge is -2.08. The summed E-state index contributed by atoms with van der Waals surface area (Å²) in [6.07, 6.45) is 0.619. The van der Waals surface area contributed by atoms with E-state index in [-0.39, 0.29) is 6.61 Å². The molecule has 0 aromatic rings. The molecule has 0 saturated carbocycles. The van der Waals surface area contributed by atoms with Crippen LogP contribution in [-0.2, 0) is 9.84 Å². The average Bonchev–Trinajstić information content (AvgIpc) is 1.80. The van der Waals surface area contributed by atoms with E-state index in [0.29, 0.717) is 19.8 Å². The molecule has 0 rings (SSSR count). The normalized spacial score (nSPS) is 10.7. The predicted molar refractivity (Wildman–Crippen MR) is 34.7 cm³/mol. The van der Waals surface area contributed by atoms with Crippen LogP contribution in [0.25, 0.3) is 0 Å². The van der Waals surface area contributed by atoms with Crippen LogP contribution in [0.5, 0.6) is 0 Å². The van der Waals surface area contributed by atoms with Crippen molar-refractivity contribution in [1.29, 1.82) is 0 Å². The Bertz CT molecular complexity index is 57.0. The molecule has 0 aliphatic heterocycles. The van der Waals surface area contributed by atoms with Crippen molar-refractivity contribution in [2.24, 2.45) is 0 Å². The second-order valence-electron chi connectivity index (χ2n) is 2.17. The summed E-state index contributed by atoms with van der Waals surface area (Å²) in [5, 5.41) is 9.88. The maximum Gasteiger partial charge on any atom is 0.0985 e. The van der Waals surface area contributed by atoms with Gasteiger partial charge in [-0.2, -0.15) is 0 Å². The summed E-state index contributed by atoms with van der Waals surface area (Å²) in [4.78, 5) is 1.92. The van der Waals surface area contributed by atoms with Gasteiger partial charge in [-0.25, -0.2) is 5.11 Å². The third kappa shape index (κ3) is 7.88. The molecular weight excluding hydrogens is 118 g/mol. The average molecular weight is 132 g/mol. The highest BCUT2D eigenvalue weighted by molar-refractivity contribution is 4.31. The minimum absolute atomic E-state index is 0.0343. The zero-order chi connectivity index (χ0) is 7.11. The van der Waals surface area contributed by atoms with Crippen molar-refractivity contribution in [3.05, 3.63) is 0 Å². The van der Waals surface area contributed by atoms with Crippen molar-refractivity contribution < 1.29 is 9.84 Å². The summed E-state index contributed by atoms with van der Waals surface area (Å²) >= 11 is 0. The van der Waals surface area contributed by atoms with Gasteiger partial charge in [-0.05, 0) is 20.5 Å². The molecular formula is C6H14NO2. The van der Waals surface area contributed by atoms with Gasteiger partial charge in [-0.1, -0.05) is 0 Å². The first kappa shape index (κ1) is 8.88. The van der Waals surface area contributed by atoms with Gasteiger partial charge in [0.05, 0.1) is 19.9 Å². The van der Waals surface area contributed by atoms with Crippen LogP contribution in [-0.4, -0.2) is 38.9 Å². The Morgan fingerprint density at radius 1 is 1.44 bits per heavy atom. The van der Waals surface area contributed by atoms with Crippen molar-refractivity contribution in [1.82, 2.24) is 4.90 Å². The molecule has 9 heavy (non-hydrogen) atoms. The highest BCUT2D eigenvalue weighted by atomic mass is 16.5. The Hall–Kier alpha value is -0.120. The molecule has 0 aromatic heterocycles. The zero-order valence-corrected chi connectivity index (χ0v) is 6.09. The lowest BCUT2D eigenvalue weighted by molar-refractivity contribution is 0.0417. The first-order chi connectivity index (χ1) is 4.27. The Balaban J connectivity index is 2.75. The van der Waals surface area contributed by atoms with E-state index in [4.69, 9.17) is 4.74 Å². The third-order valence-corrected chi connectivity index (χ3v) is 0.782. The van der Waals surface area contributed by atoms with Gasteiger partial charge >= 0.3 is 0 Å². The first-order valence-electron chi connectivity index (χ1n) is 3.08. The highest BCUT2D eigenvalue weighted by Crippen LogP contribution is 1.81. The van der Waals surface area contributed by atoms with Crippen LogP contribution in [0, 0.1) is 0 Å². The Kier molecular flexibility index (Phi) is 5.93. The standard InChI is InChI=1S/C6H14NO2/c1-7(2)6-9-5-3-4-8/h3-6H2,1-2H3. The van der Waals surface area contributed by atoms with Crippen LogP contribution >= 0.6 is 0 Å². The SMILES string of the molecule is CN(C)COCCC[O]. The van der Waals surface area contributed by atoms with Crippen LogP contribution in [0.2, 0.25) is 0 Å². The van der Waals surface area contributed by atoms with Crippen LogP contribution < -0.4 is 0 Å². The molecule has 3 nitrogen and oxygen atoms in total. The minimum Gasteiger partial charge on any atom is -0.366 e. The van der Waals surface area contributed by atoms with Gasteiger partial charge in [-0.15, -0.1) is 0 Å². The lowest BCUT2D eigenvalue weighted by atomic mass is 10.5. The number of rotatable bonds is 5. The Morgan fingerprint density at radius 3 is 2.56 bits per heavy atom. The molecule has 0 bridgehead atoms. The third-order valence-electron chi connectivity index (χ3n) is 0.782. The summed E-state index contributed by atoms with van der Waals surface area (Å²) in [6.45, 7) is 1.16. The lowest BCUT2D eigenvalue weighted by Crippen LogP contribution is -2.16. The maximum atomic E-state index is 9.88. The van der Waals surface area contributed by atoms with Gasteiger partial charge in [0.25, 0.3) is 0 Å². The molecule has 0 unspecified atom stereocenters. The molecule has 0 saturated heterocycles. The molecule has 0 aromatic carbocycles. The molecule has 0 amide bonds. The zero-order valence-electron chi connectivity index (χ0n) is 6.09. The molecule has 55 valence electrons. The van der Waals surface area contributed by atoms with Gasteiger partial charge < -0.3 is 4.74 Å². The molecule has 0 spiro atoms. The highest BCUT2D eigenvalue weighted by Gasteiger charge is 1.88. The van der Waals surface area contributed by atoms with Crippen molar-refractivity contribution in [2.45, 2.75) is 6.42 Å². The molecule has 3 heteroatoms. The molecule has 0 aliphatic carbocycles. The summed E-state index contributed by atoms with van der Waals surface area (Å²) in [6, 6.07) is 0. The Morgan fingerprint density at radius 2 is 2.11 bits per heavy atom. The fourth-order valence-corrected chi connectivity index (χ4v) is 0.408. The van der Waals surface area contributed by atoms with E-state index in [1.807, 2.05) is 19.0 Å². The second-order valence-corrected chi connectivity index (χ2v) is 2.17. The van der Waals surface area contributed by atoms with E-state index in [0.717, 1.165) is 0 Å². The quantitative estimate of drug-likeness (QED) is 0.399. The van der Waals surface area contributed by atoms with Gasteiger partial charge in [0.1, 0.15) is 0 Å². The molecule has 0 N–H and O–H groups in total.